The van der Waals surface area contributed by atoms with Crippen LogP contribution in [0.15, 0.2) is 18.2 Å². The molecule has 0 bridgehead atoms. The maximum absolute atomic E-state index is 12.4. The van der Waals surface area contributed by atoms with E-state index in [1.807, 2.05) is 6.07 Å². The fourth-order valence-corrected chi connectivity index (χ4v) is 3.32. The first-order valence-electron chi connectivity index (χ1n) is 7.03. The molecule has 0 saturated carbocycles. The van der Waals surface area contributed by atoms with Crippen LogP contribution in [0.5, 0.6) is 5.75 Å². The minimum absolute atomic E-state index is 0.162. The van der Waals surface area contributed by atoms with Crippen LogP contribution in [0.25, 0.3) is 0 Å². The molecule has 0 radical (unpaired) electrons. The third kappa shape index (κ3) is 2.62. The maximum atomic E-state index is 12.4. The van der Waals surface area contributed by atoms with Gasteiger partial charge in [0.1, 0.15) is 5.75 Å². The molecule has 1 aromatic rings. The van der Waals surface area contributed by atoms with E-state index in [2.05, 4.69) is 12.2 Å². The van der Waals surface area contributed by atoms with Crippen molar-refractivity contribution in [2.75, 3.05) is 26.3 Å². The molecule has 2 heterocycles. The Morgan fingerprint density at radius 1 is 1.43 bits per heavy atom. The Bertz CT molecular complexity index is 532. The molecule has 0 aromatic heterocycles. The first-order valence-corrected chi connectivity index (χ1v) is 7.03. The third-order valence-corrected chi connectivity index (χ3v) is 4.50. The highest BCUT2D eigenvalue weighted by atomic mass is 19.4. The Morgan fingerprint density at radius 3 is 2.90 bits per heavy atom. The van der Waals surface area contributed by atoms with Crippen molar-refractivity contribution < 1.29 is 22.6 Å². The number of ether oxygens (including phenoxy) is 2. The summed E-state index contributed by atoms with van der Waals surface area (Å²) in [6, 6.07) is 5.34. The smallest absolute Gasteiger partial charge is 0.422 e. The quantitative estimate of drug-likeness (QED) is 0.911. The van der Waals surface area contributed by atoms with E-state index in [0.717, 1.165) is 24.2 Å². The average Bonchev–Trinajstić information content (AvgIpc) is 2.78. The van der Waals surface area contributed by atoms with Gasteiger partial charge in [-0.25, -0.2) is 0 Å². The van der Waals surface area contributed by atoms with Crippen molar-refractivity contribution in [1.29, 1.82) is 0 Å². The lowest BCUT2D eigenvalue weighted by atomic mass is 9.71. The van der Waals surface area contributed by atoms with E-state index in [1.54, 1.807) is 12.1 Å². The van der Waals surface area contributed by atoms with Gasteiger partial charge in [0.05, 0.1) is 13.2 Å². The summed E-state index contributed by atoms with van der Waals surface area (Å²) in [5.41, 5.74) is 1.65. The number of nitrogens with one attached hydrogen (secondary N) is 1. The molecule has 1 spiro atoms. The monoisotopic (exact) mass is 301 g/mol. The summed E-state index contributed by atoms with van der Waals surface area (Å²) in [6.07, 6.45) is -4.34. The maximum Gasteiger partial charge on any atom is 0.422 e. The second-order valence-electron chi connectivity index (χ2n) is 5.87. The number of alkyl halides is 3. The third-order valence-electron chi connectivity index (χ3n) is 4.50. The number of hydrogen-bond donors (Lipinski definition) is 1. The van der Waals surface area contributed by atoms with E-state index in [0.29, 0.717) is 19.1 Å². The molecule has 1 fully saturated rings. The molecule has 0 aliphatic carbocycles. The van der Waals surface area contributed by atoms with Gasteiger partial charge in [-0.3, -0.25) is 0 Å². The number of rotatable bonds is 2. The van der Waals surface area contributed by atoms with Crippen molar-refractivity contribution in [3.63, 3.8) is 0 Å². The van der Waals surface area contributed by atoms with Crippen LogP contribution in [-0.2, 0) is 16.8 Å². The van der Waals surface area contributed by atoms with Crippen molar-refractivity contribution in [1.82, 2.24) is 5.32 Å². The van der Waals surface area contributed by atoms with Gasteiger partial charge in [0.25, 0.3) is 0 Å². The second-order valence-corrected chi connectivity index (χ2v) is 5.87. The lowest BCUT2D eigenvalue weighted by Gasteiger charge is -2.39. The molecule has 2 aliphatic rings. The summed E-state index contributed by atoms with van der Waals surface area (Å²) in [4.78, 5) is 0. The summed E-state index contributed by atoms with van der Waals surface area (Å²) in [7, 11) is 0. The highest BCUT2D eigenvalue weighted by Crippen LogP contribution is 2.43. The molecule has 3 nitrogen and oxygen atoms in total. The largest absolute Gasteiger partial charge is 0.484 e. The molecule has 21 heavy (non-hydrogen) atoms. The molecule has 2 unspecified atom stereocenters. The standard InChI is InChI=1S/C15H18F3NO2/c1-10-5-19-7-14(10)8-20-6-11-12(14)3-2-4-13(11)21-9-15(16,17)18/h2-4,10,19H,5-9H2,1H3. The Balaban J connectivity index is 1.94. The van der Waals surface area contributed by atoms with Gasteiger partial charge in [-0.2, -0.15) is 13.2 Å². The summed E-state index contributed by atoms with van der Waals surface area (Å²) in [6.45, 7) is 3.43. The van der Waals surface area contributed by atoms with Crippen LogP contribution in [0.2, 0.25) is 0 Å². The van der Waals surface area contributed by atoms with E-state index in [-0.39, 0.29) is 11.2 Å². The predicted molar refractivity (Wildman–Crippen MR) is 71.4 cm³/mol. The van der Waals surface area contributed by atoms with E-state index < -0.39 is 12.8 Å². The van der Waals surface area contributed by atoms with Crippen molar-refractivity contribution in [3.8, 4) is 5.75 Å². The highest BCUT2D eigenvalue weighted by Gasteiger charge is 2.46. The lowest BCUT2D eigenvalue weighted by Crippen LogP contribution is -2.42. The molecule has 6 heteroatoms. The van der Waals surface area contributed by atoms with Crippen LogP contribution in [-0.4, -0.2) is 32.5 Å². The van der Waals surface area contributed by atoms with Crippen LogP contribution in [0.4, 0.5) is 13.2 Å². The van der Waals surface area contributed by atoms with Crippen molar-refractivity contribution >= 4 is 0 Å². The minimum Gasteiger partial charge on any atom is -0.484 e. The zero-order valence-electron chi connectivity index (χ0n) is 11.8. The number of halogens is 3. The molecular weight excluding hydrogens is 283 g/mol. The van der Waals surface area contributed by atoms with Crippen LogP contribution in [0.3, 0.4) is 0 Å². The summed E-state index contributed by atoms with van der Waals surface area (Å²) >= 11 is 0. The molecular formula is C15H18F3NO2. The molecule has 1 aromatic carbocycles. The summed E-state index contributed by atoms with van der Waals surface area (Å²) in [5, 5.41) is 3.35. The zero-order valence-corrected chi connectivity index (χ0v) is 11.8. The fraction of sp³-hybridized carbons (Fsp3) is 0.600. The normalized spacial score (nSPS) is 28.7. The molecule has 2 aliphatic heterocycles. The predicted octanol–water partition coefficient (Wildman–Crippen LogP) is 2.64. The minimum atomic E-state index is -4.34. The molecule has 3 rings (SSSR count). The van der Waals surface area contributed by atoms with E-state index in [4.69, 9.17) is 9.47 Å². The second kappa shape index (κ2) is 5.18. The first kappa shape index (κ1) is 14.7. The molecule has 0 amide bonds. The van der Waals surface area contributed by atoms with Gasteiger partial charge in [-0.15, -0.1) is 0 Å². The van der Waals surface area contributed by atoms with Gasteiger partial charge < -0.3 is 14.8 Å². The van der Waals surface area contributed by atoms with E-state index in [1.165, 1.54) is 0 Å². The van der Waals surface area contributed by atoms with Crippen molar-refractivity contribution in [2.45, 2.75) is 25.1 Å². The number of benzene rings is 1. The van der Waals surface area contributed by atoms with E-state index >= 15 is 0 Å². The van der Waals surface area contributed by atoms with Gasteiger partial charge in [-0.05, 0) is 24.1 Å². The fourth-order valence-electron chi connectivity index (χ4n) is 3.32. The topological polar surface area (TPSA) is 30.5 Å². The highest BCUT2D eigenvalue weighted by molar-refractivity contribution is 5.46. The van der Waals surface area contributed by atoms with Crippen LogP contribution in [0.1, 0.15) is 18.1 Å². The van der Waals surface area contributed by atoms with Gasteiger partial charge >= 0.3 is 6.18 Å². The van der Waals surface area contributed by atoms with Gasteiger partial charge in [0.15, 0.2) is 6.61 Å². The Kier molecular flexibility index (Phi) is 3.61. The van der Waals surface area contributed by atoms with Gasteiger partial charge in [0, 0.05) is 17.5 Å². The Labute approximate surface area is 121 Å². The summed E-state index contributed by atoms with van der Waals surface area (Å²) < 4.78 is 47.7. The first-order chi connectivity index (χ1) is 9.92. The number of fused-ring (bicyclic) bond motifs is 2. The van der Waals surface area contributed by atoms with Crippen molar-refractivity contribution in [2.24, 2.45) is 5.92 Å². The zero-order chi connectivity index (χ0) is 15.1. The molecule has 1 N–H and O–H groups in total. The Morgan fingerprint density at radius 2 is 2.24 bits per heavy atom. The lowest BCUT2D eigenvalue weighted by molar-refractivity contribution is -0.153. The van der Waals surface area contributed by atoms with Gasteiger partial charge in [-0.1, -0.05) is 19.1 Å². The van der Waals surface area contributed by atoms with Crippen LogP contribution >= 0.6 is 0 Å². The van der Waals surface area contributed by atoms with Crippen LogP contribution in [0, 0.1) is 5.92 Å². The molecule has 1 saturated heterocycles. The molecule has 2 atom stereocenters. The van der Waals surface area contributed by atoms with Crippen molar-refractivity contribution in [3.05, 3.63) is 29.3 Å². The Hall–Kier alpha value is -1.27. The number of hydrogen-bond acceptors (Lipinski definition) is 3. The average molecular weight is 301 g/mol. The van der Waals surface area contributed by atoms with Crippen LogP contribution < -0.4 is 10.1 Å². The van der Waals surface area contributed by atoms with Gasteiger partial charge in [0.2, 0.25) is 0 Å². The SMILES string of the molecule is CC1CNCC12COCc1c(OCC(F)(F)F)cccc12. The van der Waals surface area contributed by atoms with E-state index in [9.17, 15) is 13.2 Å². The molecule has 116 valence electrons. The summed E-state index contributed by atoms with van der Waals surface area (Å²) in [5.74, 6) is 0.650.